The second kappa shape index (κ2) is 5.60. The van der Waals surface area contributed by atoms with Gasteiger partial charge in [0, 0.05) is 18.2 Å². The summed E-state index contributed by atoms with van der Waals surface area (Å²) in [5.41, 5.74) is 4.71. The van der Waals surface area contributed by atoms with E-state index in [1.807, 2.05) is 6.07 Å². The standard InChI is InChI=1S/C12H14F2N2O/c1-12(16,8-15)3-2-4-17-11-6-9(13)5-10(14)7-11/h5-7H,2-4,16H2,1H3. The van der Waals surface area contributed by atoms with Gasteiger partial charge < -0.3 is 10.5 Å². The Labute approximate surface area is 98.8 Å². The molecule has 5 heteroatoms. The molecular formula is C12H14F2N2O. The maximum absolute atomic E-state index is 12.8. The average molecular weight is 240 g/mol. The quantitative estimate of drug-likeness (QED) is 0.804. The van der Waals surface area contributed by atoms with Gasteiger partial charge in [-0.15, -0.1) is 0 Å². The summed E-state index contributed by atoms with van der Waals surface area (Å²) in [6.45, 7) is 1.88. The SMILES string of the molecule is CC(N)(C#N)CCCOc1cc(F)cc(F)c1. The van der Waals surface area contributed by atoms with Crippen LogP contribution in [-0.2, 0) is 0 Å². The highest BCUT2D eigenvalue weighted by atomic mass is 19.1. The summed E-state index contributed by atoms with van der Waals surface area (Å²) in [6.07, 6.45) is 1.000. The highest BCUT2D eigenvalue weighted by Gasteiger charge is 2.16. The van der Waals surface area contributed by atoms with Gasteiger partial charge in [0.25, 0.3) is 0 Å². The molecule has 0 saturated heterocycles. The van der Waals surface area contributed by atoms with Crippen LogP contribution in [0.3, 0.4) is 0 Å². The lowest BCUT2D eigenvalue weighted by Crippen LogP contribution is -2.34. The molecule has 0 amide bonds. The molecule has 2 N–H and O–H groups in total. The number of hydrogen-bond donors (Lipinski definition) is 1. The Kier molecular flexibility index (Phi) is 4.41. The fraction of sp³-hybridized carbons (Fsp3) is 0.417. The van der Waals surface area contributed by atoms with E-state index in [-0.39, 0.29) is 12.4 Å². The minimum atomic E-state index is -0.892. The molecule has 1 atom stereocenters. The van der Waals surface area contributed by atoms with Crippen LogP contribution in [0, 0.1) is 23.0 Å². The molecule has 0 bridgehead atoms. The zero-order valence-corrected chi connectivity index (χ0v) is 9.54. The molecule has 0 fully saturated rings. The molecule has 3 nitrogen and oxygen atoms in total. The molecule has 0 aliphatic heterocycles. The van der Waals surface area contributed by atoms with Crippen LogP contribution in [0.4, 0.5) is 8.78 Å². The number of rotatable bonds is 5. The number of hydrogen-bond acceptors (Lipinski definition) is 3. The highest BCUT2D eigenvalue weighted by molar-refractivity contribution is 5.23. The molecule has 0 aromatic heterocycles. The van der Waals surface area contributed by atoms with Crippen LogP contribution in [0.2, 0.25) is 0 Å². The van der Waals surface area contributed by atoms with Crippen LogP contribution < -0.4 is 10.5 Å². The predicted molar refractivity (Wildman–Crippen MR) is 59.3 cm³/mol. The lowest BCUT2D eigenvalue weighted by atomic mass is 10.00. The van der Waals surface area contributed by atoms with E-state index < -0.39 is 17.2 Å². The molecule has 1 aromatic rings. The molecule has 0 spiro atoms. The normalized spacial score (nSPS) is 13.8. The second-order valence-electron chi connectivity index (χ2n) is 4.09. The van der Waals surface area contributed by atoms with Crippen molar-refractivity contribution >= 4 is 0 Å². The summed E-state index contributed by atoms with van der Waals surface area (Å²) >= 11 is 0. The number of nitriles is 1. The van der Waals surface area contributed by atoms with E-state index in [0.29, 0.717) is 12.8 Å². The summed E-state index contributed by atoms with van der Waals surface area (Å²) in [7, 11) is 0. The fourth-order valence-corrected chi connectivity index (χ4v) is 1.30. The second-order valence-corrected chi connectivity index (χ2v) is 4.09. The van der Waals surface area contributed by atoms with Gasteiger partial charge in [0.2, 0.25) is 0 Å². The molecule has 0 saturated carbocycles. The van der Waals surface area contributed by atoms with E-state index in [0.717, 1.165) is 18.2 Å². The van der Waals surface area contributed by atoms with Crippen molar-refractivity contribution in [1.29, 1.82) is 5.26 Å². The van der Waals surface area contributed by atoms with Crippen molar-refractivity contribution in [3.63, 3.8) is 0 Å². The first-order valence-electron chi connectivity index (χ1n) is 5.22. The minimum Gasteiger partial charge on any atom is -0.493 e. The van der Waals surface area contributed by atoms with Gasteiger partial charge >= 0.3 is 0 Å². The Morgan fingerprint density at radius 2 is 1.94 bits per heavy atom. The molecule has 0 aliphatic rings. The zero-order chi connectivity index (χ0) is 12.9. The summed E-state index contributed by atoms with van der Waals surface area (Å²) in [6, 6.07) is 4.95. The third kappa shape index (κ3) is 4.79. The van der Waals surface area contributed by atoms with Crippen molar-refractivity contribution in [1.82, 2.24) is 0 Å². The summed E-state index contributed by atoms with van der Waals surface area (Å²) in [4.78, 5) is 0. The van der Waals surface area contributed by atoms with Gasteiger partial charge in [-0.1, -0.05) is 0 Å². The van der Waals surface area contributed by atoms with Gasteiger partial charge in [-0.3, -0.25) is 0 Å². The van der Waals surface area contributed by atoms with Crippen molar-refractivity contribution in [2.45, 2.75) is 25.3 Å². The van der Waals surface area contributed by atoms with E-state index in [2.05, 4.69) is 0 Å². The van der Waals surface area contributed by atoms with Crippen molar-refractivity contribution in [2.24, 2.45) is 5.73 Å². The molecule has 1 unspecified atom stereocenters. The number of ether oxygens (including phenoxy) is 1. The smallest absolute Gasteiger partial charge is 0.129 e. The van der Waals surface area contributed by atoms with E-state index in [1.165, 1.54) is 0 Å². The van der Waals surface area contributed by atoms with Crippen LogP contribution in [-0.4, -0.2) is 12.1 Å². The Morgan fingerprint density at radius 3 is 2.47 bits per heavy atom. The van der Waals surface area contributed by atoms with E-state index in [1.54, 1.807) is 6.92 Å². The van der Waals surface area contributed by atoms with Crippen molar-refractivity contribution < 1.29 is 13.5 Å². The molecule has 0 radical (unpaired) electrons. The lowest BCUT2D eigenvalue weighted by molar-refractivity contribution is 0.293. The number of nitrogens with two attached hydrogens (primary N) is 1. The summed E-state index contributed by atoms with van der Waals surface area (Å²) in [5, 5.41) is 8.67. The van der Waals surface area contributed by atoms with E-state index in [9.17, 15) is 8.78 Å². The number of benzene rings is 1. The van der Waals surface area contributed by atoms with E-state index >= 15 is 0 Å². The average Bonchev–Trinajstić information content (AvgIpc) is 2.23. The molecular weight excluding hydrogens is 226 g/mol. The van der Waals surface area contributed by atoms with Crippen LogP contribution in [0.5, 0.6) is 5.75 Å². The Morgan fingerprint density at radius 1 is 1.35 bits per heavy atom. The maximum Gasteiger partial charge on any atom is 0.129 e. The third-order valence-electron chi connectivity index (χ3n) is 2.20. The Balaban J connectivity index is 2.39. The van der Waals surface area contributed by atoms with Crippen LogP contribution in [0.1, 0.15) is 19.8 Å². The molecule has 1 rings (SSSR count). The topological polar surface area (TPSA) is 59.0 Å². The zero-order valence-electron chi connectivity index (χ0n) is 9.54. The maximum atomic E-state index is 12.8. The van der Waals surface area contributed by atoms with Crippen molar-refractivity contribution in [3.05, 3.63) is 29.8 Å². The molecule has 1 aromatic carbocycles. The summed E-state index contributed by atoms with van der Waals surface area (Å²) < 4.78 is 30.8. The lowest BCUT2D eigenvalue weighted by Gasteiger charge is -2.14. The van der Waals surface area contributed by atoms with Gasteiger partial charge in [0.1, 0.15) is 22.9 Å². The van der Waals surface area contributed by atoms with Crippen molar-refractivity contribution in [3.8, 4) is 11.8 Å². The van der Waals surface area contributed by atoms with Gasteiger partial charge in [-0.05, 0) is 19.8 Å². The molecule has 0 heterocycles. The third-order valence-corrected chi connectivity index (χ3v) is 2.20. The fourth-order valence-electron chi connectivity index (χ4n) is 1.30. The highest BCUT2D eigenvalue weighted by Crippen LogP contribution is 2.16. The first-order valence-corrected chi connectivity index (χ1v) is 5.22. The first-order chi connectivity index (χ1) is 7.93. The Bertz CT molecular complexity index is 407. The van der Waals surface area contributed by atoms with Crippen LogP contribution in [0.15, 0.2) is 18.2 Å². The number of nitrogens with zero attached hydrogens (tertiary/aromatic N) is 1. The molecule has 0 aliphatic carbocycles. The molecule has 17 heavy (non-hydrogen) atoms. The van der Waals surface area contributed by atoms with Crippen molar-refractivity contribution in [2.75, 3.05) is 6.61 Å². The van der Waals surface area contributed by atoms with Gasteiger partial charge in [-0.25, -0.2) is 8.78 Å². The molecule has 92 valence electrons. The van der Waals surface area contributed by atoms with Crippen LogP contribution >= 0.6 is 0 Å². The monoisotopic (exact) mass is 240 g/mol. The van der Waals surface area contributed by atoms with E-state index in [4.69, 9.17) is 15.7 Å². The van der Waals surface area contributed by atoms with Gasteiger partial charge in [0.15, 0.2) is 0 Å². The first kappa shape index (κ1) is 13.4. The summed E-state index contributed by atoms with van der Waals surface area (Å²) in [5.74, 6) is -1.22. The Hall–Kier alpha value is -1.67. The predicted octanol–water partition coefficient (Wildman–Crippen LogP) is 2.36. The van der Waals surface area contributed by atoms with Gasteiger partial charge in [0.05, 0.1) is 12.7 Å². The van der Waals surface area contributed by atoms with Gasteiger partial charge in [-0.2, -0.15) is 5.26 Å². The largest absolute Gasteiger partial charge is 0.493 e. The van der Waals surface area contributed by atoms with Crippen LogP contribution in [0.25, 0.3) is 0 Å². The number of halogens is 2. The minimum absolute atomic E-state index is 0.137.